The number of hydrogen-bond acceptors (Lipinski definition) is 3. The van der Waals surface area contributed by atoms with Crippen LogP contribution in [0.4, 0.5) is 4.39 Å². The molecule has 1 amide bonds. The molecule has 0 aliphatic carbocycles. The van der Waals surface area contributed by atoms with Gasteiger partial charge in [-0.1, -0.05) is 30.3 Å². The highest BCUT2D eigenvalue weighted by Gasteiger charge is 2.17. The molecule has 0 bridgehead atoms. The minimum Gasteiger partial charge on any atom is -0.394 e. The smallest absolute Gasteiger partial charge is 0.252 e. The third-order valence-corrected chi connectivity index (χ3v) is 3.74. The maximum absolute atomic E-state index is 13.3. The van der Waals surface area contributed by atoms with E-state index in [2.05, 4.69) is 10.3 Å². The lowest BCUT2D eigenvalue weighted by molar-refractivity contribution is 0.0917. The molecule has 0 saturated carbocycles. The Balaban J connectivity index is 1.98. The lowest BCUT2D eigenvalue weighted by Crippen LogP contribution is -2.31. The van der Waals surface area contributed by atoms with Crippen LogP contribution < -0.4 is 10.9 Å². The summed E-state index contributed by atoms with van der Waals surface area (Å²) < 4.78 is 13.3. The molecule has 0 radical (unpaired) electrons. The van der Waals surface area contributed by atoms with Crippen molar-refractivity contribution in [1.29, 1.82) is 0 Å². The summed E-state index contributed by atoms with van der Waals surface area (Å²) in [5.41, 5.74) is 0.614. The van der Waals surface area contributed by atoms with E-state index in [4.69, 9.17) is 0 Å². The average molecular weight is 326 g/mol. The van der Waals surface area contributed by atoms with Gasteiger partial charge in [-0.15, -0.1) is 0 Å². The van der Waals surface area contributed by atoms with Crippen molar-refractivity contribution in [2.24, 2.45) is 0 Å². The van der Waals surface area contributed by atoms with Gasteiger partial charge in [0.15, 0.2) is 0 Å². The number of rotatable bonds is 4. The van der Waals surface area contributed by atoms with E-state index in [1.54, 1.807) is 24.3 Å². The number of fused-ring (bicyclic) bond motifs is 1. The fourth-order valence-electron chi connectivity index (χ4n) is 2.58. The number of hydrogen-bond donors (Lipinski definition) is 3. The molecule has 24 heavy (non-hydrogen) atoms. The first kappa shape index (κ1) is 15.9. The van der Waals surface area contributed by atoms with Crippen molar-refractivity contribution in [1.82, 2.24) is 10.3 Å². The molecule has 1 unspecified atom stereocenters. The first-order valence-corrected chi connectivity index (χ1v) is 7.38. The molecule has 122 valence electrons. The number of aromatic amines is 1. The molecule has 3 N–H and O–H groups in total. The first-order valence-electron chi connectivity index (χ1n) is 7.38. The first-order chi connectivity index (χ1) is 11.6. The summed E-state index contributed by atoms with van der Waals surface area (Å²) >= 11 is 0. The van der Waals surface area contributed by atoms with Gasteiger partial charge in [0.2, 0.25) is 5.56 Å². The fraction of sp³-hybridized carbons (Fsp3) is 0.111. The summed E-state index contributed by atoms with van der Waals surface area (Å²) in [6, 6.07) is 13.4. The molecule has 0 spiro atoms. The SMILES string of the molecule is O=C(NC(CO)c1ccccc1)c1cc(=O)[nH]c2cc(F)ccc12. The highest BCUT2D eigenvalue weighted by Crippen LogP contribution is 2.18. The van der Waals surface area contributed by atoms with Crippen LogP contribution in [0.1, 0.15) is 22.0 Å². The van der Waals surface area contributed by atoms with Gasteiger partial charge in [-0.2, -0.15) is 0 Å². The predicted octanol–water partition coefficient (Wildman–Crippen LogP) is 2.13. The van der Waals surface area contributed by atoms with E-state index in [1.807, 2.05) is 6.07 Å². The molecular weight excluding hydrogens is 311 g/mol. The van der Waals surface area contributed by atoms with Gasteiger partial charge in [0.1, 0.15) is 5.82 Å². The van der Waals surface area contributed by atoms with Crippen molar-refractivity contribution < 1.29 is 14.3 Å². The number of carbonyl (C=O) groups excluding carboxylic acids is 1. The van der Waals surface area contributed by atoms with E-state index in [0.29, 0.717) is 5.39 Å². The van der Waals surface area contributed by atoms with Crippen LogP contribution in [-0.4, -0.2) is 22.6 Å². The van der Waals surface area contributed by atoms with Crippen LogP contribution in [0.5, 0.6) is 0 Å². The summed E-state index contributed by atoms with van der Waals surface area (Å²) in [6.07, 6.45) is 0. The van der Waals surface area contributed by atoms with Crippen LogP contribution in [0.25, 0.3) is 10.9 Å². The van der Waals surface area contributed by atoms with Crippen molar-refractivity contribution in [2.75, 3.05) is 6.61 Å². The molecule has 0 aliphatic heterocycles. The van der Waals surface area contributed by atoms with E-state index in [-0.39, 0.29) is 17.7 Å². The van der Waals surface area contributed by atoms with Crippen LogP contribution >= 0.6 is 0 Å². The Morgan fingerprint density at radius 1 is 1.17 bits per heavy atom. The van der Waals surface area contributed by atoms with E-state index in [9.17, 15) is 19.1 Å². The Morgan fingerprint density at radius 3 is 2.62 bits per heavy atom. The molecule has 6 heteroatoms. The Hall–Kier alpha value is -2.99. The van der Waals surface area contributed by atoms with Gasteiger partial charge in [0.05, 0.1) is 23.7 Å². The zero-order valence-corrected chi connectivity index (χ0v) is 12.6. The Morgan fingerprint density at radius 2 is 1.92 bits per heavy atom. The lowest BCUT2D eigenvalue weighted by atomic mass is 10.1. The number of aromatic nitrogens is 1. The van der Waals surface area contributed by atoms with E-state index in [0.717, 1.165) is 17.7 Å². The maximum Gasteiger partial charge on any atom is 0.252 e. The quantitative estimate of drug-likeness (QED) is 0.687. The number of pyridine rings is 1. The molecule has 3 aromatic rings. The molecule has 1 aromatic heterocycles. The highest BCUT2D eigenvalue weighted by atomic mass is 19.1. The third-order valence-electron chi connectivity index (χ3n) is 3.74. The molecule has 1 heterocycles. The number of aliphatic hydroxyl groups excluding tert-OH is 1. The van der Waals surface area contributed by atoms with E-state index >= 15 is 0 Å². The van der Waals surface area contributed by atoms with Crippen molar-refractivity contribution >= 4 is 16.8 Å². The lowest BCUT2D eigenvalue weighted by Gasteiger charge is -2.17. The summed E-state index contributed by atoms with van der Waals surface area (Å²) in [5.74, 6) is -1.02. The number of aliphatic hydroxyl groups is 1. The molecular formula is C18H15FN2O3. The van der Waals surface area contributed by atoms with Gasteiger partial charge < -0.3 is 15.4 Å². The Kier molecular flexibility index (Phi) is 4.39. The molecule has 3 rings (SSSR count). The van der Waals surface area contributed by atoms with Crippen LogP contribution in [-0.2, 0) is 0 Å². The van der Waals surface area contributed by atoms with Gasteiger partial charge in [-0.3, -0.25) is 9.59 Å². The number of H-pyrrole nitrogens is 1. The zero-order chi connectivity index (χ0) is 17.1. The van der Waals surface area contributed by atoms with Gasteiger partial charge >= 0.3 is 0 Å². The Bertz CT molecular complexity index is 938. The number of amides is 1. The maximum atomic E-state index is 13.3. The summed E-state index contributed by atoms with van der Waals surface area (Å²) in [5, 5.41) is 12.7. The molecule has 1 atom stereocenters. The minimum absolute atomic E-state index is 0.128. The highest BCUT2D eigenvalue weighted by molar-refractivity contribution is 6.06. The summed E-state index contributed by atoms with van der Waals surface area (Å²) in [6.45, 7) is -0.286. The zero-order valence-electron chi connectivity index (χ0n) is 12.6. The van der Waals surface area contributed by atoms with Crippen LogP contribution in [0.3, 0.4) is 0 Å². The number of nitrogens with one attached hydrogen (secondary N) is 2. The minimum atomic E-state index is -0.603. The second kappa shape index (κ2) is 6.64. The normalized spacial score (nSPS) is 12.1. The van der Waals surface area contributed by atoms with Crippen molar-refractivity contribution in [2.45, 2.75) is 6.04 Å². The van der Waals surface area contributed by atoms with Crippen LogP contribution in [0.15, 0.2) is 59.4 Å². The van der Waals surface area contributed by atoms with Crippen LogP contribution in [0, 0.1) is 5.82 Å². The van der Waals surface area contributed by atoms with Gasteiger partial charge in [0, 0.05) is 11.5 Å². The van der Waals surface area contributed by atoms with Gasteiger partial charge in [-0.25, -0.2) is 4.39 Å². The molecule has 0 fully saturated rings. The molecule has 0 aliphatic rings. The fourth-order valence-corrected chi connectivity index (χ4v) is 2.58. The van der Waals surface area contributed by atoms with E-state index < -0.39 is 23.3 Å². The monoisotopic (exact) mass is 326 g/mol. The third kappa shape index (κ3) is 3.18. The Labute approximate surface area is 136 Å². The second-order valence-electron chi connectivity index (χ2n) is 5.36. The molecule has 5 nitrogen and oxygen atoms in total. The number of benzene rings is 2. The van der Waals surface area contributed by atoms with Gasteiger partial charge in [-0.05, 0) is 23.8 Å². The summed E-state index contributed by atoms with van der Waals surface area (Å²) in [7, 11) is 0. The van der Waals surface area contributed by atoms with Crippen molar-refractivity contribution in [3.8, 4) is 0 Å². The molecule has 2 aromatic carbocycles. The number of halogens is 1. The second-order valence-corrected chi connectivity index (χ2v) is 5.36. The number of carbonyl (C=O) groups is 1. The topological polar surface area (TPSA) is 82.2 Å². The average Bonchev–Trinajstić information content (AvgIpc) is 2.59. The predicted molar refractivity (Wildman–Crippen MR) is 88.3 cm³/mol. The van der Waals surface area contributed by atoms with Crippen molar-refractivity contribution in [3.05, 3.63) is 81.9 Å². The van der Waals surface area contributed by atoms with E-state index in [1.165, 1.54) is 12.1 Å². The summed E-state index contributed by atoms with van der Waals surface area (Å²) in [4.78, 5) is 26.8. The van der Waals surface area contributed by atoms with Gasteiger partial charge in [0.25, 0.3) is 5.91 Å². The standard InChI is InChI=1S/C18H15FN2O3/c19-12-6-7-13-14(9-17(23)20-15(13)8-12)18(24)21-16(10-22)11-4-2-1-3-5-11/h1-9,16,22H,10H2,(H,20,23)(H,21,24). The largest absolute Gasteiger partial charge is 0.394 e. The molecule has 0 saturated heterocycles. The van der Waals surface area contributed by atoms with Crippen molar-refractivity contribution in [3.63, 3.8) is 0 Å². The van der Waals surface area contributed by atoms with Crippen LogP contribution in [0.2, 0.25) is 0 Å².